The van der Waals surface area contributed by atoms with Gasteiger partial charge in [-0.1, -0.05) is 25.0 Å². The third kappa shape index (κ3) is 2.96. The second kappa shape index (κ2) is 7.03. The van der Waals surface area contributed by atoms with E-state index < -0.39 is 0 Å². The van der Waals surface area contributed by atoms with Crippen LogP contribution < -0.4 is 0 Å². The quantitative estimate of drug-likeness (QED) is 0.484. The van der Waals surface area contributed by atoms with Crippen molar-refractivity contribution in [2.24, 2.45) is 0 Å². The molecule has 1 aliphatic rings. The van der Waals surface area contributed by atoms with Crippen molar-refractivity contribution >= 4 is 23.1 Å². The van der Waals surface area contributed by atoms with Gasteiger partial charge in [0.25, 0.3) is 11.8 Å². The van der Waals surface area contributed by atoms with Crippen LogP contribution in [-0.4, -0.2) is 42.8 Å². The maximum absolute atomic E-state index is 12.3. The summed E-state index contributed by atoms with van der Waals surface area (Å²) in [5, 5.41) is 0. The van der Waals surface area contributed by atoms with Gasteiger partial charge >= 0.3 is 0 Å². The molecule has 26 heavy (non-hydrogen) atoms. The minimum absolute atomic E-state index is 0.172. The number of aromatic nitrogens is 4. The van der Waals surface area contributed by atoms with E-state index in [2.05, 4.69) is 15.0 Å². The molecule has 2 amide bonds. The van der Waals surface area contributed by atoms with E-state index in [1.165, 1.54) is 4.90 Å². The standard InChI is InChI=1S/C19H19N5O2/c25-18-14-7-3-4-8-15(14)19(26)24(18)12-6-2-1-5-11-23-13-22-16-17(23)21-10-9-20-16/h3-4,7-10,13H,1-2,5-6,11-12H2. The third-order valence-electron chi connectivity index (χ3n) is 4.66. The van der Waals surface area contributed by atoms with Crippen molar-refractivity contribution < 1.29 is 9.59 Å². The fourth-order valence-corrected chi connectivity index (χ4v) is 3.31. The number of unbranched alkanes of at least 4 members (excludes halogenated alkanes) is 3. The second-order valence-corrected chi connectivity index (χ2v) is 6.36. The van der Waals surface area contributed by atoms with Gasteiger partial charge in [-0.15, -0.1) is 0 Å². The van der Waals surface area contributed by atoms with Gasteiger partial charge in [-0.3, -0.25) is 14.5 Å². The van der Waals surface area contributed by atoms with Gasteiger partial charge in [0, 0.05) is 25.5 Å². The van der Waals surface area contributed by atoms with E-state index in [-0.39, 0.29) is 11.8 Å². The molecule has 0 fully saturated rings. The van der Waals surface area contributed by atoms with Crippen LogP contribution in [0, 0.1) is 0 Å². The maximum Gasteiger partial charge on any atom is 0.261 e. The minimum atomic E-state index is -0.172. The Kier molecular flexibility index (Phi) is 4.43. The van der Waals surface area contributed by atoms with Crippen molar-refractivity contribution in [3.05, 3.63) is 54.1 Å². The zero-order valence-electron chi connectivity index (χ0n) is 14.3. The number of rotatable bonds is 7. The Morgan fingerprint density at radius 2 is 1.42 bits per heavy atom. The lowest BCUT2D eigenvalue weighted by Gasteiger charge is -2.13. The van der Waals surface area contributed by atoms with Gasteiger partial charge in [-0.25, -0.2) is 15.0 Å². The molecular weight excluding hydrogens is 330 g/mol. The highest BCUT2D eigenvalue weighted by atomic mass is 16.2. The molecule has 1 aromatic carbocycles. The first kappa shape index (κ1) is 16.4. The summed E-state index contributed by atoms with van der Waals surface area (Å²) in [4.78, 5) is 38.6. The van der Waals surface area contributed by atoms with E-state index >= 15 is 0 Å². The van der Waals surface area contributed by atoms with Crippen molar-refractivity contribution in [2.45, 2.75) is 32.2 Å². The highest BCUT2D eigenvalue weighted by molar-refractivity contribution is 6.21. The Labute approximate surface area is 150 Å². The maximum atomic E-state index is 12.3. The number of carbonyl (C=O) groups excluding carboxylic acids is 2. The molecule has 3 aromatic rings. The molecule has 7 nitrogen and oxygen atoms in total. The summed E-state index contributed by atoms with van der Waals surface area (Å²) in [6, 6.07) is 7.01. The van der Waals surface area contributed by atoms with Crippen molar-refractivity contribution in [3.63, 3.8) is 0 Å². The van der Waals surface area contributed by atoms with Crippen molar-refractivity contribution in [1.29, 1.82) is 0 Å². The van der Waals surface area contributed by atoms with Crippen LogP contribution in [0.4, 0.5) is 0 Å². The largest absolute Gasteiger partial charge is 0.314 e. The lowest BCUT2D eigenvalue weighted by Crippen LogP contribution is -2.30. The number of fused-ring (bicyclic) bond motifs is 2. The van der Waals surface area contributed by atoms with E-state index in [0.29, 0.717) is 23.3 Å². The molecule has 3 heterocycles. The Hall–Kier alpha value is -3.09. The van der Waals surface area contributed by atoms with Crippen LogP contribution in [0.2, 0.25) is 0 Å². The molecule has 132 valence electrons. The van der Waals surface area contributed by atoms with Crippen molar-refractivity contribution in [1.82, 2.24) is 24.4 Å². The molecule has 0 saturated heterocycles. The first-order valence-corrected chi connectivity index (χ1v) is 8.83. The molecular formula is C19H19N5O2. The topological polar surface area (TPSA) is 81.0 Å². The van der Waals surface area contributed by atoms with Gasteiger partial charge in [0.1, 0.15) is 0 Å². The monoisotopic (exact) mass is 349 g/mol. The Balaban J connectivity index is 1.23. The van der Waals surface area contributed by atoms with Crippen LogP contribution in [0.1, 0.15) is 46.4 Å². The molecule has 0 bridgehead atoms. The molecule has 2 aromatic heterocycles. The number of nitrogens with zero attached hydrogens (tertiary/aromatic N) is 5. The molecule has 7 heteroatoms. The van der Waals surface area contributed by atoms with Crippen LogP contribution >= 0.6 is 0 Å². The normalized spacial score (nSPS) is 13.6. The molecule has 0 saturated carbocycles. The Morgan fingerprint density at radius 1 is 0.769 bits per heavy atom. The number of imidazole rings is 1. The molecule has 0 unspecified atom stereocenters. The smallest absolute Gasteiger partial charge is 0.261 e. The van der Waals surface area contributed by atoms with Crippen LogP contribution in [0.3, 0.4) is 0 Å². The molecule has 0 spiro atoms. The molecule has 0 radical (unpaired) electrons. The minimum Gasteiger partial charge on any atom is -0.314 e. The number of amides is 2. The van der Waals surface area contributed by atoms with Gasteiger partial charge < -0.3 is 4.57 Å². The number of hydrogen-bond donors (Lipinski definition) is 0. The van der Waals surface area contributed by atoms with Gasteiger partial charge in [-0.2, -0.15) is 0 Å². The van der Waals surface area contributed by atoms with Crippen LogP contribution in [0.5, 0.6) is 0 Å². The third-order valence-corrected chi connectivity index (χ3v) is 4.66. The van der Waals surface area contributed by atoms with Crippen LogP contribution in [-0.2, 0) is 6.54 Å². The Morgan fingerprint density at radius 3 is 2.15 bits per heavy atom. The molecule has 0 aliphatic carbocycles. The first-order chi connectivity index (χ1) is 12.8. The summed E-state index contributed by atoms with van der Waals surface area (Å²) in [5.41, 5.74) is 2.51. The highest BCUT2D eigenvalue weighted by Crippen LogP contribution is 2.22. The number of imide groups is 1. The molecule has 1 aliphatic heterocycles. The average molecular weight is 349 g/mol. The molecule has 0 N–H and O–H groups in total. The predicted octanol–water partition coefficient (Wildman–Crippen LogP) is 2.68. The number of aryl methyl sites for hydroxylation is 1. The number of carbonyl (C=O) groups is 2. The lowest BCUT2D eigenvalue weighted by atomic mass is 10.1. The summed E-state index contributed by atoms with van der Waals surface area (Å²) in [6.07, 6.45) is 8.86. The lowest BCUT2D eigenvalue weighted by molar-refractivity contribution is 0.0651. The van der Waals surface area contributed by atoms with E-state index in [1.54, 1.807) is 43.0 Å². The van der Waals surface area contributed by atoms with Crippen molar-refractivity contribution in [2.75, 3.05) is 6.54 Å². The van der Waals surface area contributed by atoms with Crippen LogP contribution in [0.15, 0.2) is 43.0 Å². The molecule has 0 atom stereocenters. The molecule has 4 rings (SSSR count). The summed E-state index contributed by atoms with van der Waals surface area (Å²) in [6.45, 7) is 1.31. The van der Waals surface area contributed by atoms with Crippen molar-refractivity contribution in [3.8, 4) is 0 Å². The predicted molar refractivity (Wildman–Crippen MR) is 95.6 cm³/mol. The second-order valence-electron chi connectivity index (χ2n) is 6.36. The number of benzene rings is 1. The summed E-state index contributed by atoms with van der Waals surface area (Å²) < 4.78 is 2.01. The van der Waals surface area contributed by atoms with Gasteiger partial charge in [-0.05, 0) is 25.0 Å². The zero-order chi connectivity index (χ0) is 17.9. The first-order valence-electron chi connectivity index (χ1n) is 8.83. The fraction of sp³-hybridized carbons (Fsp3) is 0.316. The fourth-order valence-electron chi connectivity index (χ4n) is 3.31. The summed E-state index contributed by atoms with van der Waals surface area (Å²) in [5.74, 6) is -0.344. The van der Waals surface area contributed by atoms with Crippen LogP contribution in [0.25, 0.3) is 11.3 Å². The van der Waals surface area contributed by atoms with E-state index in [1.807, 2.05) is 4.57 Å². The SMILES string of the molecule is O=C1c2ccccc2C(=O)N1CCCCCCn1cnc2nccnc21. The van der Waals surface area contributed by atoms with E-state index in [4.69, 9.17) is 0 Å². The summed E-state index contributed by atoms with van der Waals surface area (Å²) in [7, 11) is 0. The zero-order valence-corrected chi connectivity index (χ0v) is 14.3. The number of hydrogen-bond acceptors (Lipinski definition) is 5. The van der Waals surface area contributed by atoms with E-state index in [0.717, 1.165) is 37.9 Å². The average Bonchev–Trinajstić information content (AvgIpc) is 3.19. The Bertz CT molecular complexity index is 930. The van der Waals surface area contributed by atoms with Gasteiger partial charge in [0.15, 0.2) is 11.3 Å². The van der Waals surface area contributed by atoms with Gasteiger partial charge in [0.2, 0.25) is 0 Å². The van der Waals surface area contributed by atoms with Gasteiger partial charge in [0.05, 0.1) is 17.5 Å². The van der Waals surface area contributed by atoms with E-state index in [9.17, 15) is 9.59 Å². The highest BCUT2D eigenvalue weighted by Gasteiger charge is 2.34. The summed E-state index contributed by atoms with van der Waals surface area (Å²) >= 11 is 0.